The molecule has 0 radical (unpaired) electrons. The number of nitrogens with zero attached hydrogens (tertiary/aromatic N) is 2. The van der Waals surface area contributed by atoms with E-state index in [0.717, 1.165) is 16.7 Å². The molecule has 2 heterocycles. The molecular formula is C6H3ClFN3O. The van der Waals surface area contributed by atoms with Gasteiger partial charge in [-0.2, -0.15) is 0 Å². The number of fused-ring (bicyclic) bond motifs is 1. The maximum atomic E-state index is 12.6. The van der Waals surface area contributed by atoms with Gasteiger partial charge in [-0.15, -0.1) is 0 Å². The summed E-state index contributed by atoms with van der Waals surface area (Å²) in [6.45, 7) is 0. The number of hydrogen-bond acceptors (Lipinski definition) is 2. The lowest BCUT2D eigenvalue weighted by molar-refractivity contribution is 0.627. The summed E-state index contributed by atoms with van der Waals surface area (Å²) in [6.07, 6.45) is 1.04. The molecule has 0 aromatic carbocycles. The first-order chi connectivity index (χ1) is 5.66. The van der Waals surface area contributed by atoms with E-state index in [1.54, 1.807) is 0 Å². The molecule has 0 aliphatic rings. The third-order valence-electron chi connectivity index (χ3n) is 1.41. The zero-order chi connectivity index (χ0) is 8.72. The average molecular weight is 188 g/mol. The summed E-state index contributed by atoms with van der Waals surface area (Å²) in [5.74, 6) is -0.518. The van der Waals surface area contributed by atoms with Gasteiger partial charge in [0.25, 0.3) is 0 Å². The second-order valence-corrected chi connectivity index (χ2v) is 2.58. The molecule has 6 heteroatoms. The van der Waals surface area contributed by atoms with E-state index < -0.39 is 11.5 Å². The van der Waals surface area contributed by atoms with E-state index in [4.69, 9.17) is 11.6 Å². The third-order valence-corrected chi connectivity index (χ3v) is 1.59. The van der Waals surface area contributed by atoms with Crippen LogP contribution in [0.5, 0.6) is 0 Å². The lowest BCUT2D eigenvalue weighted by atomic mass is 10.6. The van der Waals surface area contributed by atoms with Crippen LogP contribution in [0.15, 0.2) is 17.1 Å². The Morgan fingerprint density at radius 1 is 1.67 bits per heavy atom. The predicted molar refractivity (Wildman–Crippen MR) is 40.8 cm³/mol. The minimum Gasteiger partial charge on any atom is -0.282 e. The van der Waals surface area contributed by atoms with Crippen molar-refractivity contribution in [2.24, 2.45) is 0 Å². The minimum absolute atomic E-state index is 0.0504. The topological polar surface area (TPSA) is 50.2 Å². The van der Waals surface area contributed by atoms with E-state index in [0.29, 0.717) is 0 Å². The molecule has 0 unspecified atom stereocenters. The fourth-order valence-electron chi connectivity index (χ4n) is 0.945. The molecule has 2 aromatic heterocycles. The molecule has 0 saturated carbocycles. The molecule has 62 valence electrons. The van der Waals surface area contributed by atoms with Crippen LogP contribution in [0.4, 0.5) is 4.39 Å². The van der Waals surface area contributed by atoms with Gasteiger partial charge in [-0.05, 0) is 11.6 Å². The highest BCUT2D eigenvalue weighted by Crippen LogP contribution is 2.04. The van der Waals surface area contributed by atoms with Crippen molar-refractivity contribution in [2.75, 3.05) is 0 Å². The van der Waals surface area contributed by atoms with Gasteiger partial charge in [-0.25, -0.2) is 18.6 Å². The molecule has 0 aliphatic carbocycles. The second kappa shape index (κ2) is 2.31. The Bertz CT molecular complexity index is 489. The molecule has 2 rings (SSSR count). The van der Waals surface area contributed by atoms with E-state index in [2.05, 4.69) is 9.97 Å². The highest BCUT2D eigenvalue weighted by molar-refractivity contribution is 6.28. The van der Waals surface area contributed by atoms with E-state index >= 15 is 0 Å². The van der Waals surface area contributed by atoms with Gasteiger partial charge in [0.1, 0.15) is 11.5 Å². The Morgan fingerprint density at radius 2 is 2.42 bits per heavy atom. The van der Waals surface area contributed by atoms with Crippen molar-refractivity contribution < 1.29 is 4.39 Å². The molecule has 0 fully saturated rings. The summed E-state index contributed by atoms with van der Waals surface area (Å²) in [6, 6.07) is 1.13. The SMILES string of the molecule is O=c1[nH]c(Cl)nc2cc(F)cn12. The van der Waals surface area contributed by atoms with Crippen LogP contribution in [0.3, 0.4) is 0 Å². The van der Waals surface area contributed by atoms with Crippen LogP contribution in [0, 0.1) is 5.82 Å². The largest absolute Gasteiger partial charge is 0.333 e. The molecule has 0 atom stereocenters. The third kappa shape index (κ3) is 0.984. The molecule has 0 saturated heterocycles. The summed E-state index contributed by atoms with van der Waals surface area (Å²) in [4.78, 5) is 16.9. The number of halogens is 2. The average Bonchev–Trinajstić information content (AvgIpc) is 2.29. The quantitative estimate of drug-likeness (QED) is 0.664. The van der Waals surface area contributed by atoms with Gasteiger partial charge in [0.15, 0.2) is 0 Å². The van der Waals surface area contributed by atoms with Crippen molar-refractivity contribution in [2.45, 2.75) is 0 Å². The Balaban J connectivity index is 2.98. The van der Waals surface area contributed by atoms with Crippen LogP contribution >= 0.6 is 11.6 Å². The standard InChI is InChI=1S/C6H3ClFN3O/c7-5-9-4-1-3(8)2-11(4)6(12)10-5/h1-2H,(H,9,10,12). The smallest absolute Gasteiger partial charge is 0.282 e. The van der Waals surface area contributed by atoms with Crippen LogP contribution in [-0.2, 0) is 0 Å². The van der Waals surface area contributed by atoms with Gasteiger partial charge < -0.3 is 0 Å². The van der Waals surface area contributed by atoms with Crippen LogP contribution in [-0.4, -0.2) is 14.4 Å². The van der Waals surface area contributed by atoms with Gasteiger partial charge in [-0.1, -0.05) is 0 Å². The van der Waals surface area contributed by atoms with Crippen molar-refractivity contribution in [3.05, 3.63) is 33.8 Å². The van der Waals surface area contributed by atoms with E-state index in [1.165, 1.54) is 0 Å². The maximum absolute atomic E-state index is 12.6. The lowest BCUT2D eigenvalue weighted by Crippen LogP contribution is -2.16. The number of nitrogens with one attached hydrogen (secondary N) is 1. The molecule has 0 amide bonds. The highest BCUT2D eigenvalue weighted by Gasteiger charge is 2.03. The van der Waals surface area contributed by atoms with Crippen LogP contribution < -0.4 is 5.69 Å². The first kappa shape index (κ1) is 7.30. The van der Waals surface area contributed by atoms with Gasteiger partial charge in [0, 0.05) is 6.07 Å². The summed E-state index contributed by atoms with van der Waals surface area (Å²) in [5.41, 5.74) is -0.310. The number of aromatic nitrogens is 3. The van der Waals surface area contributed by atoms with Crippen molar-refractivity contribution in [1.82, 2.24) is 14.4 Å². The van der Waals surface area contributed by atoms with Gasteiger partial charge in [0.2, 0.25) is 5.28 Å². The monoisotopic (exact) mass is 187 g/mol. The Hall–Kier alpha value is -1.36. The molecule has 12 heavy (non-hydrogen) atoms. The molecule has 0 aliphatic heterocycles. The fourth-order valence-corrected chi connectivity index (χ4v) is 1.11. The summed E-state index contributed by atoms with van der Waals surface area (Å²) in [7, 11) is 0. The van der Waals surface area contributed by atoms with Gasteiger partial charge in [0.05, 0.1) is 6.20 Å². The van der Waals surface area contributed by atoms with Gasteiger partial charge in [-0.3, -0.25) is 4.98 Å². The normalized spacial score (nSPS) is 10.8. The predicted octanol–water partition coefficient (Wildman–Crippen LogP) is 0.815. The zero-order valence-electron chi connectivity index (χ0n) is 5.71. The Morgan fingerprint density at radius 3 is 3.17 bits per heavy atom. The van der Waals surface area contributed by atoms with E-state index in [-0.39, 0.29) is 10.9 Å². The Labute approximate surface area is 70.6 Å². The first-order valence-corrected chi connectivity index (χ1v) is 3.48. The van der Waals surface area contributed by atoms with Crippen LogP contribution in [0.2, 0.25) is 5.28 Å². The number of H-pyrrole nitrogens is 1. The van der Waals surface area contributed by atoms with E-state index in [1.807, 2.05) is 0 Å². The Kier molecular flexibility index (Phi) is 1.41. The fraction of sp³-hybridized carbons (Fsp3) is 0. The summed E-state index contributed by atoms with van der Waals surface area (Å²) in [5, 5.41) is -0.0504. The zero-order valence-corrected chi connectivity index (χ0v) is 6.47. The maximum Gasteiger partial charge on any atom is 0.333 e. The number of aromatic amines is 1. The highest BCUT2D eigenvalue weighted by atomic mass is 35.5. The summed E-state index contributed by atoms with van der Waals surface area (Å²) >= 11 is 5.43. The minimum atomic E-state index is -0.518. The second-order valence-electron chi connectivity index (χ2n) is 2.22. The van der Waals surface area contributed by atoms with Crippen LogP contribution in [0.25, 0.3) is 5.65 Å². The molecule has 2 aromatic rings. The molecule has 1 N–H and O–H groups in total. The first-order valence-electron chi connectivity index (χ1n) is 3.10. The van der Waals surface area contributed by atoms with Crippen LogP contribution in [0.1, 0.15) is 0 Å². The molecule has 0 bridgehead atoms. The van der Waals surface area contributed by atoms with Crippen molar-refractivity contribution in [3.63, 3.8) is 0 Å². The number of hydrogen-bond donors (Lipinski definition) is 1. The van der Waals surface area contributed by atoms with Crippen molar-refractivity contribution in [1.29, 1.82) is 0 Å². The van der Waals surface area contributed by atoms with E-state index in [9.17, 15) is 9.18 Å². The molecular weight excluding hydrogens is 185 g/mol. The molecule has 4 nitrogen and oxygen atoms in total. The lowest BCUT2D eigenvalue weighted by Gasteiger charge is -1.91. The molecule has 0 spiro atoms. The van der Waals surface area contributed by atoms with Crippen molar-refractivity contribution in [3.8, 4) is 0 Å². The number of rotatable bonds is 0. The van der Waals surface area contributed by atoms with Gasteiger partial charge >= 0.3 is 5.69 Å². The van der Waals surface area contributed by atoms with Crippen molar-refractivity contribution >= 4 is 17.2 Å². The summed E-state index contributed by atoms with van der Waals surface area (Å²) < 4.78 is 13.6.